The van der Waals surface area contributed by atoms with Gasteiger partial charge in [-0.25, -0.2) is 9.69 Å². The van der Waals surface area contributed by atoms with Crippen LogP contribution in [-0.4, -0.2) is 18.5 Å². The first-order valence-electron chi connectivity index (χ1n) is 10.3. The van der Waals surface area contributed by atoms with Crippen molar-refractivity contribution in [1.82, 2.24) is 5.32 Å². The van der Waals surface area contributed by atoms with Gasteiger partial charge in [0.2, 0.25) is 0 Å². The van der Waals surface area contributed by atoms with E-state index in [4.69, 9.17) is 32.7 Å². The number of benzene rings is 3. The summed E-state index contributed by atoms with van der Waals surface area (Å²) in [5, 5.41) is 3.79. The Hall–Kier alpha value is -3.00. The molecule has 3 amide bonds. The van der Waals surface area contributed by atoms with Crippen molar-refractivity contribution in [3.63, 3.8) is 0 Å². The van der Waals surface area contributed by atoms with Gasteiger partial charge < -0.3 is 14.8 Å². The fourth-order valence-electron chi connectivity index (χ4n) is 3.30. The molecule has 0 aliphatic carbocycles. The van der Waals surface area contributed by atoms with Crippen molar-refractivity contribution in [2.24, 2.45) is 0 Å². The Morgan fingerprint density at radius 1 is 0.941 bits per heavy atom. The van der Waals surface area contributed by atoms with E-state index in [2.05, 4.69) is 21.2 Å². The van der Waals surface area contributed by atoms with E-state index >= 15 is 0 Å². The van der Waals surface area contributed by atoms with Crippen molar-refractivity contribution in [2.75, 3.05) is 11.5 Å². The first-order chi connectivity index (χ1) is 16.4. The number of hydrogen-bond acceptors (Lipinski definition) is 4. The molecule has 0 spiro atoms. The number of halogens is 3. The number of imide groups is 1. The van der Waals surface area contributed by atoms with Crippen LogP contribution < -0.4 is 19.7 Å². The molecule has 174 valence electrons. The lowest BCUT2D eigenvalue weighted by Crippen LogP contribution is -2.30. The van der Waals surface area contributed by atoms with E-state index in [0.29, 0.717) is 50.5 Å². The maximum Gasteiger partial charge on any atom is 0.333 e. The van der Waals surface area contributed by atoms with Crippen LogP contribution in [-0.2, 0) is 11.4 Å². The summed E-state index contributed by atoms with van der Waals surface area (Å²) < 4.78 is 12.4. The standard InChI is InChI=1S/C25H19BrCl2N2O4/c1-2-33-22-12-16(20(26)13-23(22)34-14-15-3-5-17(27)6-4-15)11-21-24(31)30(25(32)29-21)19-9-7-18(28)8-10-19/h3-13H,2,14H2,1H3,(H,29,32)/b21-11+. The molecule has 1 N–H and O–H groups in total. The molecular weight excluding hydrogens is 543 g/mol. The van der Waals surface area contributed by atoms with Crippen LogP contribution in [0.25, 0.3) is 6.08 Å². The van der Waals surface area contributed by atoms with E-state index in [9.17, 15) is 9.59 Å². The van der Waals surface area contributed by atoms with Crippen LogP contribution in [0, 0.1) is 0 Å². The lowest BCUT2D eigenvalue weighted by Gasteiger charge is -2.14. The molecule has 9 heteroatoms. The molecule has 1 aliphatic rings. The molecule has 0 atom stereocenters. The van der Waals surface area contributed by atoms with Gasteiger partial charge in [-0.15, -0.1) is 0 Å². The monoisotopic (exact) mass is 560 g/mol. The number of anilines is 1. The molecule has 0 unspecified atom stereocenters. The number of carbonyl (C=O) groups is 2. The minimum Gasteiger partial charge on any atom is -0.490 e. The van der Waals surface area contributed by atoms with Gasteiger partial charge in [0.1, 0.15) is 12.3 Å². The molecule has 1 saturated heterocycles. The van der Waals surface area contributed by atoms with E-state index in [0.717, 1.165) is 10.5 Å². The van der Waals surface area contributed by atoms with E-state index in [1.165, 1.54) is 0 Å². The molecule has 1 aliphatic heterocycles. The largest absolute Gasteiger partial charge is 0.490 e. The highest BCUT2D eigenvalue weighted by molar-refractivity contribution is 9.10. The second-order valence-corrected chi connectivity index (χ2v) is 9.00. The maximum absolute atomic E-state index is 12.9. The molecule has 34 heavy (non-hydrogen) atoms. The number of amides is 3. The number of ether oxygens (including phenoxy) is 2. The van der Waals surface area contributed by atoms with Gasteiger partial charge in [-0.3, -0.25) is 4.79 Å². The van der Waals surface area contributed by atoms with Gasteiger partial charge in [0.15, 0.2) is 11.5 Å². The summed E-state index contributed by atoms with van der Waals surface area (Å²) in [7, 11) is 0. The minimum atomic E-state index is -0.539. The van der Waals surface area contributed by atoms with Crippen molar-refractivity contribution < 1.29 is 19.1 Å². The second kappa shape index (κ2) is 10.5. The number of hydrogen-bond donors (Lipinski definition) is 1. The van der Waals surface area contributed by atoms with Crippen molar-refractivity contribution >= 4 is 62.8 Å². The molecule has 1 heterocycles. The van der Waals surface area contributed by atoms with Gasteiger partial charge in [0.25, 0.3) is 5.91 Å². The lowest BCUT2D eigenvalue weighted by atomic mass is 10.1. The predicted octanol–water partition coefficient (Wildman–Crippen LogP) is 6.83. The van der Waals surface area contributed by atoms with Gasteiger partial charge in [-0.1, -0.05) is 51.3 Å². The highest BCUT2D eigenvalue weighted by atomic mass is 79.9. The maximum atomic E-state index is 12.9. The van der Waals surface area contributed by atoms with E-state index in [1.807, 2.05) is 19.1 Å². The van der Waals surface area contributed by atoms with E-state index in [1.54, 1.807) is 54.6 Å². The Morgan fingerprint density at radius 3 is 2.21 bits per heavy atom. The normalized spacial score (nSPS) is 14.5. The van der Waals surface area contributed by atoms with Crippen molar-refractivity contribution in [2.45, 2.75) is 13.5 Å². The molecule has 0 bridgehead atoms. The zero-order chi connectivity index (χ0) is 24.2. The first kappa shape index (κ1) is 24.1. The molecular formula is C25H19BrCl2N2O4. The number of rotatable bonds is 7. The van der Waals surface area contributed by atoms with Crippen molar-refractivity contribution in [3.8, 4) is 11.5 Å². The Labute approximate surface area is 215 Å². The van der Waals surface area contributed by atoms with Gasteiger partial charge in [0.05, 0.1) is 12.3 Å². The van der Waals surface area contributed by atoms with Crippen molar-refractivity contribution in [3.05, 3.63) is 92.0 Å². The van der Waals surface area contributed by atoms with Crippen LogP contribution in [0.15, 0.2) is 70.8 Å². The molecule has 3 aromatic carbocycles. The molecule has 3 aromatic rings. The lowest BCUT2D eigenvalue weighted by molar-refractivity contribution is -0.113. The number of nitrogens with zero attached hydrogens (tertiary/aromatic N) is 1. The summed E-state index contributed by atoms with van der Waals surface area (Å²) in [5.41, 5.74) is 2.16. The molecule has 0 radical (unpaired) electrons. The second-order valence-electron chi connectivity index (χ2n) is 7.27. The summed E-state index contributed by atoms with van der Waals surface area (Å²) in [6, 6.07) is 16.8. The summed E-state index contributed by atoms with van der Waals surface area (Å²) in [4.78, 5) is 26.5. The smallest absolute Gasteiger partial charge is 0.333 e. The third-order valence-corrected chi connectivity index (χ3v) is 6.12. The molecule has 4 rings (SSSR count). The third-order valence-electron chi connectivity index (χ3n) is 4.93. The Morgan fingerprint density at radius 2 is 1.56 bits per heavy atom. The molecule has 1 fully saturated rings. The van der Waals surface area contributed by atoms with Crippen LogP contribution in [0.2, 0.25) is 10.0 Å². The summed E-state index contributed by atoms with van der Waals surface area (Å²) in [6.45, 7) is 2.62. The highest BCUT2D eigenvalue weighted by Crippen LogP contribution is 2.36. The minimum absolute atomic E-state index is 0.137. The number of urea groups is 1. The number of carbonyl (C=O) groups excluding carboxylic acids is 2. The van der Waals surface area contributed by atoms with Gasteiger partial charge in [-0.2, -0.15) is 0 Å². The third kappa shape index (κ3) is 5.38. The van der Waals surface area contributed by atoms with Crippen molar-refractivity contribution in [1.29, 1.82) is 0 Å². The van der Waals surface area contributed by atoms with Gasteiger partial charge in [-0.05, 0) is 72.7 Å². The van der Waals surface area contributed by atoms with Gasteiger partial charge >= 0.3 is 6.03 Å². The summed E-state index contributed by atoms with van der Waals surface area (Å²) in [5.74, 6) is 0.577. The Kier molecular flexibility index (Phi) is 7.46. The number of nitrogens with one attached hydrogen (secondary N) is 1. The van der Waals surface area contributed by atoms with Crippen LogP contribution in [0.3, 0.4) is 0 Å². The average molecular weight is 562 g/mol. The highest BCUT2D eigenvalue weighted by Gasteiger charge is 2.35. The predicted molar refractivity (Wildman–Crippen MR) is 137 cm³/mol. The molecule has 6 nitrogen and oxygen atoms in total. The van der Waals surface area contributed by atoms with Crippen LogP contribution in [0.1, 0.15) is 18.1 Å². The molecule has 0 aromatic heterocycles. The van der Waals surface area contributed by atoms with E-state index in [-0.39, 0.29) is 5.70 Å². The fourth-order valence-corrected chi connectivity index (χ4v) is 3.99. The van der Waals surface area contributed by atoms with Crippen LogP contribution in [0.4, 0.5) is 10.5 Å². The van der Waals surface area contributed by atoms with Crippen LogP contribution >= 0.6 is 39.1 Å². The molecule has 0 saturated carbocycles. The van der Waals surface area contributed by atoms with E-state index < -0.39 is 11.9 Å². The Bertz CT molecular complexity index is 1260. The SMILES string of the molecule is CCOc1cc(/C=C2/NC(=O)N(c3ccc(Cl)cc3)C2=O)c(Br)cc1OCc1ccc(Cl)cc1. The summed E-state index contributed by atoms with van der Waals surface area (Å²) in [6.07, 6.45) is 1.59. The fraction of sp³-hybridized carbons (Fsp3) is 0.120. The van der Waals surface area contributed by atoms with Gasteiger partial charge in [0, 0.05) is 14.5 Å². The zero-order valence-corrected chi connectivity index (χ0v) is 21.1. The summed E-state index contributed by atoms with van der Waals surface area (Å²) >= 11 is 15.4. The quantitative estimate of drug-likeness (QED) is 0.253. The van der Waals surface area contributed by atoms with Crippen LogP contribution in [0.5, 0.6) is 11.5 Å². The average Bonchev–Trinajstić information content (AvgIpc) is 3.09. The topological polar surface area (TPSA) is 67.9 Å². The first-order valence-corrected chi connectivity index (χ1v) is 11.9. The zero-order valence-electron chi connectivity index (χ0n) is 18.0. The Balaban J connectivity index is 1.59.